The summed E-state index contributed by atoms with van der Waals surface area (Å²) in [6, 6.07) is 1.71. The topological polar surface area (TPSA) is 91.0 Å². The zero-order chi connectivity index (χ0) is 26.7. The third-order valence-corrected chi connectivity index (χ3v) is 6.47. The number of hydrogen-bond acceptors (Lipinski definition) is 5. The molecule has 2 aliphatic heterocycles. The van der Waals surface area contributed by atoms with Crippen molar-refractivity contribution >= 4 is 35.8 Å². The molecule has 1 aromatic rings. The number of halogens is 4. The number of ether oxygens (including phenoxy) is 1. The normalized spacial score (nSPS) is 18.8. The lowest BCUT2D eigenvalue weighted by Crippen LogP contribution is -2.54. The van der Waals surface area contributed by atoms with E-state index in [4.69, 9.17) is 4.74 Å². The molecule has 0 saturated carbocycles. The summed E-state index contributed by atoms with van der Waals surface area (Å²) in [5.74, 6) is -1.54. The largest absolute Gasteiger partial charge is 0.476 e. The van der Waals surface area contributed by atoms with Crippen molar-refractivity contribution in [1.82, 2.24) is 15.5 Å². The predicted molar refractivity (Wildman–Crippen MR) is 136 cm³/mol. The lowest BCUT2D eigenvalue weighted by atomic mass is 9.97. The van der Waals surface area contributed by atoms with Crippen LogP contribution < -0.4 is 20.3 Å². The lowest BCUT2D eigenvalue weighted by Gasteiger charge is -2.40. The van der Waals surface area contributed by atoms with Gasteiger partial charge in [0.05, 0.1) is 16.8 Å². The Labute approximate surface area is 221 Å². The molecule has 3 rings (SSSR count). The number of fused-ring (bicyclic) bond motifs is 1. The third-order valence-electron chi connectivity index (χ3n) is 6.47. The number of nitrogens with zero attached hydrogens (tertiary/aromatic N) is 2. The van der Waals surface area contributed by atoms with Crippen molar-refractivity contribution in [3.8, 4) is 5.75 Å². The maximum Gasteiger partial charge on any atom is 0.417 e. The smallest absolute Gasteiger partial charge is 0.417 e. The maximum atomic E-state index is 14.2. The zero-order valence-corrected chi connectivity index (χ0v) is 22.5. The van der Waals surface area contributed by atoms with E-state index in [0.29, 0.717) is 25.9 Å². The molecule has 2 heterocycles. The molecule has 0 aliphatic carbocycles. The Morgan fingerprint density at radius 3 is 2.54 bits per heavy atom. The molecule has 1 fully saturated rings. The predicted octanol–water partition coefficient (Wildman–Crippen LogP) is 3.76. The highest BCUT2D eigenvalue weighted by molar-refractivity contribution is 6.05. The highest BCUT2D eigenvalue weighted by Gasteiger charge is 2.45. The molecule has 0 bridgehead atoms. The van der Waals surface area contributed by atoms with E-state index in [9.17, 15) is 27.6 Å². The molecule has 37 heavy (non-hydrogen) atoms. The van der Waals surface area contributed by atoms with Crippen LogP contribution in [0.3, 0.4) is 0 Å². The minimum atomic E-state index is -4.81. The van der Waals surface area contributed by atoms with Gasteiger partial charge in [-0.05, 0) is 51.8 Å². The van der Waals surface area contributed by atoms with E-state index < -0.39 is 34.7 Å². The Kier molecular flexibility index (Phi) is 10.2. The van der Waals surface area contributed by atoms with Crippen molar-refractivity contribution in [2.45, 2.75) is 71.2 Å². The van der Waals surface area contributed by atoms with Crippen LogP contribution in [0.15, 0.2) is 12.1 Å². The van der Waals surface area contributed by atoms with E-state index in [-0.39, 0.29) is 55.3 Å². The summed E-state index contributed by atoms with van der Waals surface area (Å²) in [6.45, 7) is 8.26. The van der Waals surface area contributed by atoms with Crippen LogP contribution in [-0.4, -0.2) is 67.0 Å². The minimum Gasteiger partial charge on any atom is -0.476 e. The lowest BCUT2D eigenvalue weighted by molar-refractivity contribution is -0.138. The molecule has 2 aliphatic rings. The van der Waals surface area contributed by atoms with Crippen LogP contribution in [0.1, 0.15) is 69.3 Å². The molecule has 208 valence electrons. The van der Waals surface area contributed by atoms with Crippen molar-refractivity contribution < 1.29 is 32.3 Å². The number of benzene rings is 1. The fourth-order valence-electron chi connectivity index (χ4n) is 4.62. The highest BCUT2D eigenvalue weighted by Crippen LogP contribution is 2.44. The SMILES string of the molecule is CCCN(C(=O)c1cc2c(cc1C(F)(F)F)OC(C)(C)C(=O)N2CCNC(=O)CC)[C@@H]1CCCNC1.Cl. The third kappa shape index (κ3) is 6.87. The van der Waals surface area contributed by atoms with Gasteiger partial charge < -0.3 is 25.2 Å². The van der Waals surface area contributed by atoms with Gasteiger partial charge in [0, 0.05) is 38.6 Å². The average molecular weight is 549 g/mol. The first-order valence-electron chi connectivity index (χ1n) is 12.4. The van der Waals surface area contributed by atoms with Crippen LogP contribution in [0.4, 0.5) is 18.9 Å². The van der Waals surface area contributed by atoms with Crippen LogP contribution >= 0.6 is 12.4 Å². The Bertz CT molecular complexity index is 997. The van der Waals surface area contributed by atoms with Gasteiger partial charge >= 0.3 is 6.18 Å². The molecule has 1 aromatic carbocycles. The van der Waals surface area contributed by atoms with E-state index in [1.54, 1.807) is 6.92 Å². The summed E-state index contributed by atoms with van der Waals surface area (Å²) in [7, 11) is 0. The second kappa shape index (κ2) is 12.3. The fraction of sp³-hybridized carbons (Fsp3) is 0.640. The molecule has 12 heteroatoms. The summed E-state index contributed by atoms with van der Waals surface area (Å²) in [4.78, 5) is 41.3. The first kappa shape index (κ1) is 30.7. The van der Waals surface area contributed by atoms with Crippen LogP contribution in [0.2, 0.25) is 0 Å². The number of rotatable bonds is 8. The molecule has 0 aromatic heterocycles. The van der Waals surface area contributed by atoms with E-state index in [1.165, 1.54) is 23.6 Å². The van der Waals surface area contributed by atoms with Crippen molar-refractivity contribution in [2.75, 3.05) is 37.6 Å². The van der Waals surface area contributed by atoms with E-state index >= 15 is 0 Å². The molecular weight excluding hydrogens is 513 g/mol. The van der Waals surface area contributed by atoms with Crippen molar-refractivity contribution in [3.63, 3.8) is 0 Å². The van der Waals surface area contributed by atoms with Gasteiger partial charge in [-0.2, -0.15) is 13.2 Å². The molecule has 1 saturated heterocycles. The van der Waals surface area contributed by atoms with Gasteiger partial charge in [0.25, 0.3) is 11.8 Å². The summed E-state index contributed by atoms with van der Waals surface area (Å²) >= 11 is 0. The maximum absolute atomic E-state index is 14.2. The van der Waals surface area contributed by atoms with Gasteiger partial charge in [-0.25, -0.2) is 0 Å². The molecule has 2 N–H and O–H groups in total. The Morgan fingerprint density at radius 1 is 1.27 bits per heavy atom. The van der Waals surface area contributed by atoms with Gasteiger partial charge in [0.2, 0.25) is 5.91 Å². The number of nitrogens with one attached hydrogen (secondary N) is 2. The number of anilines is 1. The second-order valence-corrected chi connectivity index (χ2v) is 9.63. The fourth-order valence-corrected chi connectivity index (χ4v) is 4.62. The van der Waals surface area contributed by atoms with Crippen LogP contribution in [0, 0.1) is 0 Å². The molecule has 0 spiro atoms. The van der Waals surface area contributed by atoms with Gasteiger partial charge in [-0.1, -0.05) is 13.8 Å². The Balaban J connectivity index is 0.00000481. The molecule has 0 unspecified atom stereocenters. The molecular formula is C25H36ClF3N4O4. The zero-order valence-electron chi connectivity index (χ0n) is 21.7. The first-order chi connectivity index (χ1) is 16.9. The number of piperidine rings is 1. The van der Waals surface area contributed by atoms with Crippen LogP contribution in [0.5, 0.6) is 5.75 Å². The summed E-state index contributed by atoms with van der Waals surface area (Å²) in [5.41, 5.74) is -2.95. The van der Waals surface area contributed by atoms with E-state index in [2.05, 4.69) is 10.6 Å². The van der Waals surface area contributed by atoms with Gasteiger partial charge in [0.1, 0.15) is 5.75 Å². The number of hydrogen-bond donors (Lipinski definition) is 2. The van der Waals surface area contributed by atoms with Crippen molar-refractivity contribution in [3.05, 3.63) is 23.3 Å². The number of amides is 3. The van der Waals surface area contributed by atoms with E-state index in [1.807, 2.05) is 6.92 Å². The van der Waals surface area contributed by atoms with Crippen LogP contribution in [0.25, 0.3) is 0 Å². The number of carbonyl (C=O) groups excluding carboxylic acids is 3. The second-order valence-electron chi connectivity index (χ2n) is 9.63. The summed E-state index contributed by atoms with van der Waals surface area (Å²) in [6.07, 6.45) is -2.44. The number of alkyl halides is 3. The highest BCUT2D eigenvalue weighted by atomic mass is 35.5. The summed E-state index contributed by atoms with van der Waals surface area (Å²) < 4.78 is 48.3. The monoisotopic (exact) mass is 548 g/mol. The van der Waals surface area contributed by atoms with Gasteiger partial charge in [-0.15, -0.1) is 12.4 Å². The molecule has 0 radical (unpaired) electrons. The minimum absolute atomic E-state index is 0. The van der Waals surface area contributed by atoms with Crippen molar-refractivity contribution in [2.24, 2.45) is 0 Å². The average Bonchev–Trinajstić information content (AvgIpc) is 2.83. The summed E-state index contributed by atoms with van der Waals surface area (Å²) in [5, 5.41) is 5.88. The molecule has 3 amide bonds. The van der Waals surface area contributed by atoms with E-state index in [0.717, 1.165) is 25.1 Å². The number of carbonyl (C=O) groups is 3. The first-order valence-corrected chi connectivity index (χ1v) is 12.4. The van der Waals surface area contributed by atoms with Gasteiger partial charge in [0.15, 0.2) is 5.60 Å². The molecule has 8 nitrogen and oxygen atoms in total. The molecule has 1 atom stereocenters. The quantitative estimate of drug-likeness (QED) is 0.516. The van der Waals surface area contributed by atoms with Gasteiger partial charge in [-0.3, -0.25) is 14.4 Å². The Hall–Kier alpha value is -2.53. The van der Waals surface area contributed by atoms with Crippen molar-refractivity contribution in [1.29, 1.82) is 0 Å². The Morgan fingerprint density at radius 2 is 1.97 bits per heavy atom. The van der Waals surface area contributed by atoms with Crippen LogP contribution in [-0.2, 0) is 15.8 Å². The standard InChI is InChI=1S/C25H35F3N4O4.ClH/c1-5-11-31(16-8-7-9-29-15-16)22(34)17-13-19-20(14-18(17)25(26,27)28)36-24(3,4)23(35)32(19)12-10-30-21(33)6-2;/h13-14,16,29H,5-12,15H2,1-4H3,(H,30,33);1H/t16-;/m1./s1.